The molecule has 1 saturated heterocycles. The topological polar surface area (TPSA) is 76.9 Å². The first-order chi connectivity index (χ1) is 13.7. The largest absolute Gasteiger partial charge is 0.496 e. The van der Waals surface area contributed by atoms with Gasteiger partial charge in [0, 0.05) is 29.2 Å². The van der Waals surface area contributed by atoms with Gasteiger partial charge in [0.1, 0.15) is 12.1 Å². The van der Waals surface area contributed by atoms with E-state index >= 15 is 0 Å². The molecule has 0 unspecified atom stereocenters. The molecule has 0 saturated carbocycles. The molecule has 2 atom stereocenters. The Bertz CT molecular complexity index is 925. The summed E-state index contributed by atoms with van der Waals surface area (Å²) in [4.78, 5) is 0. The summed E-state index contributed by atoms with van der Waals surface area (Å²) in [5.41, 5.74) is 3.17. The second kappa shape index (κ2) is 11.5. The normalized spacial score (nSPS) is 18.2. The van der Waals surface area contributed by atoms with E-state index in [1.54, 1.807) is 18.1 Å². The van der Waals surface area contributed by atoms with Crippen LogP contribution in [0.4, 0.5) is 0 Å². The van der Waals surface area contributed by atoms with Crippen molar-refractivity contribution >= 4 is 36.4 Å². The molecule has 0 spiro atoms. The van der Waals surface area contributed by atoms with E-state index in [-0.39, 0.29) is 30.9 Å². The minimum atomic E-state index is 0. The van der Waals surface area contributed by atoms with Gasteiger partial charge in [0.25, 0.3) is 0 Å². The van der Waals surface area contributed by atoms with Crippen LogP contribution in [-0.2, 0) is 6.54 Å². The monoisotopic (exact) mass is 470 g/mol. The Balaban J connectivity index is 0.00000160. The number of tetrazole rings is 1. The number of halogens is 3. The number of hydrogen-bond acceptors (Lipinski definition) is 6. The summed E-state index contributed by atoms with van der Waals surface area (Å²) >= 11 is 6.21. The second-order valence-corrected chi connectivity index (χ2v) is 7.30. The van der Waals surface area contributed by atoms with Crippen LogP contribution in [0.1, 0.15) is 30.0 Å². The van der Waals surface area contributed by atoms with Gasteiger partial charge in [0.05, 0.1) is 12.8 Å². The molecule has 1 aliphatic heterocycles. The third-order valence-electron chi connectivity index (χ3n) is 5.10. The molecule has 0 bridgehead atoms. The van der Waals surface area contributed by atoms with Crippen LogP contribution < -0.4 is 15.4 Å². The van der Waals surface area contributed by atoms with E-state index in [0.717, 1.165) is 41.4 Å². The van der Waals surface area contributed by atoms with Crippen LogP contribution in [0, 0.1) is 0 Å². The Morgan fingerprint density at radius 2 is 2.10 bits per heavy atom. The number of aromatic nitrogens is 4. The van der Waals surface area contributed by atoms with Gasteiger partial charge >= 0.3 is 0 Å². The average Bonchev–Trinajstić information content (AvgIpc) is 3.27. The van der Waals surface area contributed by atoms with Crippen molar-refractivity contribution in [1.82, 2.24) is 30.8 Å². The molecule has 1 fully saturated rings. The fourth-order valence-corrected chi connectivity index (χ4v) is 3.92. The molecule has 2 aromatic carbocycles. The Hall–Kier alpha value is -1.90. The molecular weight excluding hydrogens is 447 g/mol. The zero-order valence-corrected chi connectivity index (χ0v) is 18.9. The summed E-state index contributed by atoms with van der Waals surface area (Å²) < 4.78 is 7.19. The molecule has 0 amide bonds. The van der Waals surface area contributed by atoms with Crippen molar-refractivity contribution in [1.29, 1.82) is 0 Å². The second-order valence-electron chi connectivity index (χ2n) is 6.87. The fraction of sp³-hybridized carbons (Fsp3) is 0.350. The molecule has 162 valence electrons. The third kappa shape index (κ3) is 5.62. The third-order valence-corrected chi connectivity index (χ3v) is 5.33. The zero-order chi connectivity index (χ0) is 19.3. The van der Waals surface area contributed by atoms with Crippen molar-refractivity contribution in [3.05, 3.63) is 64.9 Å². The van der Waals surface area contributed by atoms with Gasteiger partial charge in [-0.05, 0) is 65.7 Å². The van der Waals surface area contributed by atoms with Gasteiger partial charge in [0.2, 0.25) is 0 Å². The predicted octanol–water partition coefficient (Wildman–Crippen LogP) is 3.75. The number of ether oxygens (including phenoxy) is 1. The highest BCUT2D eigenvalue weighted by Crippen LogP contribution is 2.27. The zero-order valence-electron chi connectivity index (χ0n) is 16.5. The van der Waals surface area contributed by atoms with Gasteiger partial charge in [-0.2, -0.15) is 0 Å². The van der Waals surface area contributed by atoms with Gasteiger partial charge in [-0.1, -0.05) is 23.7 Å². The van der Waals surface area contributed by atoms with Gasteiger partial charge in [-0.15, -0.1) is 29.9 Å². The highest BCUT2D eigenvalue weighted by atomic mass is 35.5. The smallest absolute Gasteiger partial charge is 0.143 e. The Morgan fingerprint density at radius 1 is 1.23 bits per heavy atom. The lowest BCUT2D eigenvalue weighted by Crippen LogP contribution is -2.45. The molecule has 2 heterocycles. The van der Waals surface area contributed by atoms with Crippen molar-refractivity contribution in [2.75, 3.05) is 13.7 Å². The Labute approximate surface area is 193 Å². The number of benzene rings is 2. The Morgan fingerprint density at radius 3 is 2.83 bits per heavy atom. The van der Waals surface area contributed by atoms with E-state index < -0.39 is 0 Å². The van der Waals surface area contributed by atoms with Gasteiger partial charge < -0.3 is 15.4 Å². The summed E-state index contributed by atoms with van der Waals surface area (Å²) in [6.07, 6.45) is 3.81. The molecular formula is C20H25Cl3N6O. The molecule has 4 rings (SSSR count). The quantitative estimate of drug-likeness (QED) is 0.570. The fourth-order valence-electron chi connectivity index (χ4n) is 3.72. The van der Waals surface area contributed by atoms with Crippen molar-refractivity contribution in [2.45, 2.75) is 31.5 Å². The number of methoxy groups -OCH3 is 1. The van der Waals surface area contributed by atoms with E-state index in [4.69, 9.17) is 16.3 Å². The molecule has 1 aromatic heterocycles. The lowest BCUT2D eigenvalue weighted by Gasteiger charge is -2.34. The highest BCUT2D eigenvalue weighted by molar-refractivity contribution is 6.30. The van der Waals surface area contributed by atoms with Crippen molar-refractivity contribution < 1.29 is 4.74 Å². The van der Waals surface area contributed by atoms with Crippen LogP contribution in [0.25, 0.3) is 5.69 Å². The first kappa shape index (κ1) is 24.4. The number of rotatable bonds is 6. The summed E-state index contributed by atoms with van der Waals surface area (Å²) in [6, 6.07) is 14.5. The molecule has 30 heavy (non-hydrogen) atoms. The maximum atomic E-state index is 6.21. The van der Waals surface area contributed by atoms with E-state index in [1.807, 2.05) is 36.4 Å². The van der Waals surface area contributed by atoms with Crippen LogP contribution in [0.2, 0.25) is 5.02 Å². The summed E-state index contributed by atoms with van der Waals surface area (Å²) in [5.74, 6) is 0.840. The Kier molecular flexibility index (Phi) is 9.33. The standard InChI is InChI=1S/C20H23ClN6O.2ClH/c1-28-19-8-7-17(27-13-24-25-26-27)11-15(19)12-23-18-6-3-9-22-20(18)14-4-2-5-16(21)10-14;;/h2,4-5,7-8,10-11,13,18,20,22-23H,3,6,9,12H2,1H3;2*1H/t18-,20-;;/m0../s1. The SMILES string of the molecule is COc1ccc(-n2cnnn2)cc1CN[C@H]1CCCN[C@H]1c1cccc(Cl)c1.Cl.Cl. The van der Waals surface area contributed by atoms with Crippen LogP contribution >= 0.6 is 36.4 Å². The maximum absolute atomic E-state index is 6.21. The molecule has 7 nitrogen and oxygen atoms in total. The molecule has 2 N–H and O–H groups in total. The number of piperidine rings is 1. The van der Waals surface area contributed by atoms with Gasteiger partial charge in [0.15, 0.2) is 0 Å². The minimum absolute atomic E-state index is 0. The van der Waals surface area contributed by atoms with Crippen molar-refractivity contribution in [2.24, 2.45) is 0 Å². The number of nitrogens with one attached hydrogen (secondary N) is 2. The average molecular weight is 472 g/mol. The molecule has 0 aliphatic carbocycles. The lowest BCUT2D eigenvalue weighted by atomic mass is 9.92. The van der Waals surface area contributed by atoms with Crippen LogP contribution in [0.5, 0.6) is 5.75 Å². The van der Waals surface area contributed by atoms with Crippen molar-refractivity contribution in [3.63, 3.8) is 0 Å². The van der Waals surface area contributed by atoms with Crippen LogP contribution in [0.3, 0.4) is 0 Å². The van der Waals surface area contributed by atoms with E-state index in [2.05, 4.69) is 32.2 Å². The molecule has 1 aliphatic rings. The highest BCUT2D eigenvalue weighted by Gasteiger charge is 2.26. The minimum Gasteiger partial charge on any atom is -0.496 e. The van der Waals surface area contributed by atoms with Gasteiger partial charge in [-0.3, -0.25) is 0 Å². The van der Waals surface area contributed by atoms with E-state index in [1.165, 1.54) is 5.56 Å². The van der Waals surface area contributed by atoms with E-state index in [9.17, 15) is 0 Å². The summed E-state index contributed by atoms with van der Waals surface area (Å²) in [5, 5.41) is 19.5. The maximum Gasteiger partial charge on any atom is 0.143 e. The molecule has 3 aromatic rings. The van der Waals surface area contributed by atoms with E-state index in [0.29, 0.717) is 12.6 Å². The number of hydrogen-bond donors (Lipinski definition) is 2. The molecule has 10 heteroatoms. The lowest BCUT2D eigenvalue weighted by molar-refractivity contribution is 0.303. The van der Waals surface area contributed by atoms with Crippen LogP contribution in [-0.4, -0.2) is 39.9 Å². The first-order valence-electron chi connectivity index (χ1n) is 9.37. The first-order valence-corrected chi connectivity index (χ1v) is 9.75. The number of nitrogens with zero attached hydrogens (tertiary/aromatic N) is 4. The van der Waals surface area contributed by atoms with Gasteiger partial charge in [-0.25, -0.2) is 4.68 Å². The van der Waals surface area contributed by atoms with Crippen LogP contribution in [0.15, 0.2) is 48.8 Å². The van der Waals surface area contributed by atoms with Crippen molar-refractivity contribution in [3.8, 4) is 11.4 Å². The summed E-state index contributed by atoms with van der Waals surface area (Å²) in [6.45, 7) is 1.69. The predicted molar refractivity (Wildman–Crippen MR) is 122 cm³/mol. The molecule has 0 radical (unpaired) electrons. The summed E-state index contributed by atoms with van der Waals surface area (Å²) in [7, 11) is 1.69.